The Morgan fingerprint density at radius 3 is 2.72 bits per heavy atom. The van der Waals surface area contributed by atoms with E-state index in [-0.39, 0.29) is 12.5 Å². The SMILES string of the molecule is COc1ccccc1NC(=O)C1=C(C)Nc2nc(CCCO)nn2[C@H]1c1ccc(Br)cc1. The van der Waals surface area contributed by atoms with Gasteiger partial charge in [-0.05, 0) is 43.2 Å². The van der Waals surface area contributed by atoms with Crippen LogP contribution in [0.1, 0.15) is 30.8 Å². The lowest BCUT2D eigenvalue weighted by atomic mass is 9.95. The van der Waals surface area contributed by atoms with Crippen LogP contribution in [0.5, 0.6) is 5.75 Å². The lowest BCUT2D eigenvalue weighted by molar-refractivity contribution is -0.113. The molecule has 0 saturated heterocycles. The summed E-state index contributed by atoms with van der Waals surface area (Å²) in [5.41, 5.74) is 2.71. The average Bonchev–Trinajstić information content (AvgIpc) is 3.20. The number of hydrogen-bond donors (Lipinski definition) is 3. The van der Waals surface area contributed by atoms with Gasteiger partial charge in [0.15, 0.2) is 5.82 Å². The number of benzene rings is 2. The molecule has 0 saturated carbocycles. The molecule has 2 aromatic carbocycles. The number of ether oxygens (including phenoxy) is 1. The van der Waals surface area contributed by atoms with Gasteiger partial charge in [0, 0.05) is 23.2 Å². The van der Waals surface area contributed by atoms with Crippen molar-refractivity contribution in [3.63, 3.8) is 0 Å². The van der Waals surface area contributed by atoms with Crippen molar-refractivity contribution >= 4 is 33.5 Å². The Morgan fingerprint density at radius 1 is 1.25 bits per heavy atom. The number of nitrogens with zero attached hydrogens (tertiary/aromatic N) is 3. The van der Waals surface area contributed by atoms with Gasteiger partial charge in [-0.15, -0.1) is 0 Å². The Kier molecular flexibility index (Phi) is 6.57. The molecule has 0 unspecified atom stereocenters. The van der Waals surface area contributed by atoms with Crippen molar-refractivity contribution in [2.75, 3.05) is 24.4 Å². The van der Waals surface area contributed by atoms with E-state index in [2.05, 4.69) is 36.6 Å². The smallest absolute Gasteiger partial charge is 0.255 e. The molecule has 0 bridgehead atoms. The minimum absolute atomic E-state index is 0.0668. The fraction of sp³-hybridized carbons (Fsp3) is 0.261. The number of carbonyl (C=O) groups excluding carboxylic acids is 1. The molecular formula is C23H24BrN5O3. The molecular weight excluding hydrogens is 474 g/mol. The number of aromatic nitrogens is 3. The van der Waals surface area contributed by atoms with E-state index in [0.29, 0.717) is 47.3 Å². The van der Waals surface area contributed by atoms with E-state index in [1.165, 1.54) is 0 Å². The van der Waals surface area contributed by atoms with E-state index in [4.69, 9.17) is 4.74 Å². The van der Waals surface area contributed by atoms with Crippen molar-refractivity contribution in [3.8, 4) is 5.75 Å². The number of rotatable bonds is 7. The largest absolute Gasteiger partial charge is 0.495 e. The molecule has 1 atom stereocenters. The first kappa shape index (κ1) is 22.0. The zero-order valence-electron chi connectivity index (χ0n) is 17.8. The van der Waals surface area contributed by atoms with E-state index in [0.717, 1.165) is 10.0 Å². The number of para-hydroxylation sites is 2. The summed E-state index contributed by atoms with van der Waals surface area (Å²) >= 11 is 3.47. The molecule has 0 aliphatic carbocycles. The van der Waals surface area contributed by atoms with Crippen LogP contribution < -0.4 is 15.4 Å². The first-order valence-corrected chi connectivity index (χ1v) is 11.0. The van der Waals surface area contributed by atoms with E-state index >= 15 is 0 Å². The van der Waals surface area contributed by atoms with Crippen LogP contribution in [0, 0.1) is 0 Å². The topological polar surface area (TPSA) is 101 Å². The third kappa shape index (κ3) is 4.39. The van der Waals surface area contributed by atoms with Gasteiger partial charge in [0.2, 0.25) is 5.95 Å². The third-order valence-corrected chi connectivity index (χ3v) is 5.77. The lowest BCUT2D eigenvalue weighted by Crippen LogP contribution is -2.31. The first-order chi connectivity index (χ1) is 15.5. The number of methoxy groups -OCH3 is 1. The van der Waals surface area contributed by atoms with Crippen molar-refractivity contribution in [2.24, 2.45) is 0 Å². The maximum Gasteiger partial charge on any atom is 0.255 e. The summed E-state index contributed by atoms with van der Waals surface area (Å²) < 4.78 is 8.06. The van der Waals surface area contributed by atoms with Crippen LogP contribution in [0.4, 0.5) is 11.6 Å². The number of amides is 1. The minimum atomic E-state index is -0.468. The monoisotopic (exact) mass is 497 g/mol. The molecule has 1 aliphatic rings. The highest BCUT2D eigenvalue weighted by Gasteiger charge is 2.34. The van der Waals surface area contributed by atoms with Gasteiger partial charge in [-0.1, -0.05) is 40.2 Å². The Bertz CT molecular complexity index is 1160. The van der Waals surface area contributed by atoms with Crippen LogP contribution in [-0.4, -0.2) is 39.5 Å². The summed E-state index contributed by atoms with van der Waals surface area (Å²) in [6.07, 6.45) is 1.12. The number of aliphatic hydroxyl groups is 1. The zero-order chi connectivity index (χ0) is 22.7. The van der Waals surface area contributed by atoms with Gasteiger partial charge >= 0.3 is 0 Å². The number of halogens is 1. The van der Waals surface area contributed by atoms with E-state index in [1.807, 2.05) is 43.3 Å². The Hall–Kier alpha value is -3.17. The highest BCUT2D eigenvalue weighted by molar-refractivity contribution is 9.10. The second-order valence-electron chi connectivity index (χ2n) is 7.40. The average molecular weight is 498 g/mol. The molecule has 32 heavy (non-hydrogen) atoms. The maximum absolute atomic E-state index is 13.5. The van der Waals surface area contributed by atoms with Crippen molar-refractivity contribution in [1.82, 2.24) is 14.8 Å². The van der Waals surface area contributed by atoms with Gasteiger partial charge in [0.1, 0.15) is 11.8 Å². The van der Waals surface area contributed by atoms with Crippen molar-refractivity contribution in [3.05, 3.63) is 75.7 Å². The summed E-state index contributed by atoms with van der Waals surface area (Å²) in [6, 6.07) is 14.6. The number of aryl methyl sites for hydroxylation is 1. The molecule has 166 valence electrons. The van der Waals surface area contributed by atoms with E-state index in [1.54, 1.807) is 23.9 Å². The van der Waals surface area contributed by atoms with Gasteiger partial charge in [-0.2, -0.15) is 10.1 Å². The van der Waals surface area contributed by atoms with Crippen molar-refractivity contribution in [2.45, 2.75) is 25.8 Å². The predicted molar refractivity (Wildman–Crippen MR) is 126 cm³/mol. The summed E-state index contributed by atoms with van der Waals surface area (Å²) in [5.74, 6) is 1.50. The van der Waals surface area contributed by atoms with E-state index in [9.17, 15) is 9.90 Å². The summed E-state index contributed by atoms with van der Waals surface area (Å²) in [5, 5.41) is 20.0. The standard InChI is InChI=1S/C23H24BrN5O3/c1-14-20(22(31)26-17-6-3-4-7-18(17)32-2)21(15-9-11-16(24)12-10-15)29-23(25-14)27-19(28-29)8-5-13-30/h3-4,6-7,9-12,21,30H,5,8,13H2,1-2H3,(H,26,31)(H,25,27,28)/t21-/m0/s1. The number of aliphatic hydroxyl groups excluding tert-OH is 1. The molecule has 3 N–H and O–H groups in total. The summed E-state index contributed by atoms with van der Waals surface area (Å²) in [7, 11) is 1.57. The molecule has 9 heteroatoms. The highest BCUT2D eigenvalue weighted by atomic mass is 79.9. The molecule has 4 rings (SSSR count). The second-order valence-corrected chi connectivity index (χ2v) is 8.31. The van der Waals surface area contributed by atoms with Gasteiger partial charge in [-0.3, -0.25) is 4.79 Å². The molecule has 1 amide bonds. The number of carbonyl (C=O) groups is 1. The predicted octanol–water partition coefficient (Wildman–Crippen LogP) is 3.90. The Balaban J connectivity index is 1.76. The Morgan fingerprint density at radius 2 is 2.00 bits per heavy atom. The van der Waals surface area contributed by atoms with Crippen LogP contribution >= 0.6 is 15.9 Å². The molecule has 1 aliphatic heterocycles. The second kappa shape index (κ2) is 9.54. The molecule has 2 heterocycles. The maximum atomic E-state index is 13.5. The number of nitrogens with one attached hydrogen (secondary N) is 2. The van der Waals surface area contributed by atoms with Crippen LogP contribution in [0.2, 0.25) is 0 Å². The quantitative estimate of drug-likeness (QED) is 0.457. The van der Waals surface area contributed by atoms with Gasteiger partial charge in [0.25, 0.3) is 5.91 Å². The molecule has 0 spiro atoms. The summed E-state index contributed by atoms with van der Waals surface area (Å²) in [4.78, 5) is 18.1. The third-order valence-electron chi connectivity index (χ3n) is 5.24. The number of allylic oxidation sites excluding steroid dienone is 1. The fourth-order valence-electron chi connectivity index (χ4n) is 3.72. The molecule has 0 radical (unpaired) electrons. The fourth-order valence-corrected chi connectivity index (χ4v) is 3.99. The van der Waals surface area contributed by atoms with Gasteiger partial charge in [0.05, 0.1) is 18.4 Å². The van der Waals surface area contributed by atoms with E-state index < -0.39 is 6.04 Å². The first-order valence-electron chi connectivity index (χ1n) is 10.3. The normalized spacial score (nSPS) is 15.2. The van der Waals surface area contributed by atoms with Crippen LogP contribution in [-0.2, 0) is 11.2 Å². The lowest BCUT2D eigenvalue weighted by Gasteiger charge is -2.29. The highest BCUT2D eigenvalue weighted by Crippen LogP contribution is 2.36. The van der Waals surface area contributed by atoms with Gasteiger partial charge < -0.3 is 20.5 Å². The van der Waals surface area contributed by atoms with Crippen LogP contribution in [0.25, 0.3) is 0 Å². The number of hydrogen-bond acceptors (Lipinski definition) is 6. The number of fused-ring (bicyclic) bond motifs is 1. The molecule has 0 fully saturated rings. The summed E-state index contributed by atoms with van der Waals surface area (Å²) in [6.45, 7) is 1.92. The van der Waals surface area contributed by atoms with Gasteiger partial charge in [-0.25, -0.2) is 4.68 Å². The molecule has 8 nitrogen and oxygen atoms in total. The van der Waals surface area contributed by atoms with Crippen LogP contribution in [0.3, 0.4) is 0 Å². The molecule has 3 aromatic rings. The molecule has 1 aromatic heterocycles. The number of anilines is 2. The Labute approximate surface area is 194 Å². The van der Waals surface area contributed by atoms with Crippen LogP contribution in [0.15, 0.2) is 64.3 Å². The van der Waals surface area contributed by atoms with Crippen molar-refractivity contribution in [1.29, 1.82) is 0 Å². The van der Waals surface area contributed by atoms with Crippen molar-refractivity contribution < 1.29 is 14.6 Å². The zero-order valence-corrected chi connectivity index (χ0v) is 19.4. The minimum Gasteiger partial charge on any atom is -0.495 e.